The number of carbonyl (C=O) groups is 2. The maximum absolute atomic E-state index is 10.5. The summed E-state index contributed by atoms with van der Waals surface area (Å²) in [5, 5.41) is 17.3. The molecule has 9 heteroatoms. The second kappa shape index (κ2) is 7.75. The Labute approximate surface area is 156 Å². The van der Waals surface area contributed by atoms with Crippen molar-refractivity contribution >= 4 is 34.0 Å². The summed E-state index contributed by atoms with van der Waals surface area (Å²) in [4.78, 5) is 36.6. The number of aromatic carboxylic acids is 2. The van der Waals surface area contributed by atoms with Crippen molar-refractivity contribution < 1.29 is 42.2 Å². The number of rotatable bonds is 2. The molecule has 0 aliphatic rings. The van der Waals surface area contributed by atoms with Crippen LogP contribution >= 0.6 is 0 Å². The first kappa shape index (κ1) is 18.4. The molecule has 2 aromatic heterocycles. The van der Waals surface area contributed by atoms with Crippen LogP contribution in [0.4, 0.5) is 0 Å². The van der Waals surface area contributed by atoms with Crippen LogP contribution in [-0.2, 0) is 22.4 Å². The molecule has 4 rings (SSSR count). The van der Waals surface area contributed by atoms with E-state index in [-0.39, 0.29) is 33.5 Å². The number of aromatic nitrogens is 4. The predicted molar refractivity (Wildman–Crippen MR) is 84.0 cm³/mol. The van der Waals surface area contributed by atoms with Crippen LogP contribution in [0.2, 0.25) is 0 Å². The Bertz CT molecular complexity index is 957. The Hall–Kier alpha value is -2.94. The van der Waals surface area contributed by atoms with Crippen molar-refractivity contribution in [3.8, 4) is 0 Å². The van der Waals surface area contributed by atoms with Gasteiger partial charge in [-0.2, -0.15) is 0 Å². The molecule has 0 saturated heterocycles. The van der Waals surface area contributed by atoms with E-state index in [0.29, 0.717) is 11.0 Å². The van der Waals surface area contributed by atoms with Crippen molar-refractivity contribution in [2.24, 2.45) is 0 Å². The van der Waals surface area contributed by atoms with E-state index in [0.717, 1.165) is 11.0 Å². The second-order valence-electron chi connectivity index (χ2n) is 4.76. The van der Waals surface area contributed by atoms with Crippen LogP contribution in [0.5, 0.6) is 0 Å². The fourth-order valence-electron chi connectivity index (χ4n) is 2.04. The van der Waals surface area contributed by atoms with Crippen LogP contribution in [0.3, 0.4) is 0 Å². The van der Waals surface area contributed by atoms with Crippen LogP contribution in [-0.4, -0.2) is 32.1 Å². The Morgan fingerprint density at radius 1 is 0.760 bits per heavy atom. The molecule has 0 aliphatic heterocycles. The van der Waals surface area contributed by atoms with Crippen molar-refractivity contribution in [1.82, 2.24) is 19.9 Å². The first-order chi connectivity index (χ1) is 11.5. The minimum atomic E-state index is -0.945. The predicted octanol–water partition coefficient (Wildman–Crippen LogP) is 1.78. The fourth-order valence-corrected chi connectivity index (χ4v) is 2.04. The smallest absolute Gasteiger partial charge is 0.478 e. The quantitative estimate of drug-likeness (QED) is 0.384. The molecule has 2 N–H and O–H groups in total. The maximum atomic E-state index is 10.5. The third kappa shape index (κ3) is 4.13. The summed E-state index contributed by atoms with van der Waals surface area (Å²) >= 11 is 0. The fraction of sp³-hybridized carbons (Fsp3) is 0. The van der Waals surface area contributed by atoms with Gasteiger partial charge >= 0.3 is 34.3 Å². The largest absolute Gasteiger partial charge is 3.00 e. The van der Waals surface area contributed by atoms with E-state index in [1.165, 1.54) is 36.9 Å². The molecule has 0 bridgehead atoms. The molecule has 0 spiro atoms. The van der Waals surface area contributed by atoms with E-state index in [9.17, 15) is 9.59 Å². The van der Waals surface area contributed by atoms with Gasteiger partial charge in [0.05, 0.1) is 11.1 Å². The van der Waals surface area contributed by atoms with Gasteiger partial charge in [0.15, 0.2) is 0 Å². The van der Waals surface area contributed by atoms with Crippen molar-refractivity contribution in [2.45, 2.75) is 0 Å². The minimum absolute atomic E-state index is 0. The Kier molecular flexibility index (Phi) is 5.71. The minimum Gasteiger partial charge on any atom is -0.478 e. The number of benzene rings is 2. The zero-order valence-electron chi connectivity index (χ0n) is 12.4. The first-order valence-corrected chi connectivity index (χ1v) is 6.76. The Balaban J connectivity index is 0.000000173. The molecule has 2 aromatic carbocycles. The maximum Gasteiger partial charge on any atom is 3.00 e. The summed E-state index contributed by atoms with van der Waals surface area (Å²) in [7, 11) is 0. The van der Waals surface area contributed by atoms with Gasteiger partial charge in [-0.25, -0.2) is 9.59 Å². The van der Waals surface area contributed by atoms with Crippen molar-refractivity contribution in [2.75, 3.05) is 0 Å². The number of hydrogen-bond acceptors (Lipinski definition) is 4. The van der Waals surface area contributed by atoms with E-state index in [1.54, 1.807) is 12.1 Å². The van der Waals surface area contributed by atoms with Gasteiger partial charge in [0.2, 0.25) is 0 Å². The summed E-state index contributed by atoms with van der Waals surface area (Å²) in [5.74, 6) is -1.89. The molecule has 128 valence electrons. The van der Waals surface area contributed by atoms with Crippen LogP contribution < -0.4 is 9.97 Å². The van der Waals surface area contributed by atoms with Crippen molar-refractivity contribution in [1.29, 1.82) is 0 Å². The molecule has 0 amide bonds. The Morgan fingerprint density at radius 3 is 1.52 bits per heavy atom. The average Bonchev–Trinajstić information content (AvgIpc) is 3.22. The van der Waals surface area contributed by atoms with Crippen molar-refractivity contribution in [3.05, 3.63) is 60.2 Å². The van der Waals surface area contributed by atoms with Crippen LogP contribution in [0, 0.1) is 0 Å². The van der Waals surface area contributed by atoms with E-state index < -0.39 is 11.9 Å². The summed E-state index contributed by atoms with van der Waals surface area (Å²) in [5.41, 5.74) is 3.16. The summed E-state index contributed by atoms with van der Waals surface area (Å²) < 4.78 is 0. The number of nitrogens with zero attached hydrogens (tertiary/aromatic N) is 4. The molecule has 0 radical (unpaired) electrons. The SMILES string of the molecule is O=C(O)c1ccc2nc[n-]c2c1.O=C(O)c1ccc2nc[n-]c2c1.[Au+3]. The molecule has 25 heavy (non-hydrogen) atoms. The zero-order valence-corrected chi connectivity index (χ0v) is 14.6. The van der Waals surface area contributed by atoms with Gasteiger partial charge in [-0.05, 0) is 46.3 Å². The van der Waals surface area contributed by atoms with Crippen LogP contribution in [0.1, 0.15) is 20.7 Å². The number of carboxylic acid groups (broad SMARTS) is 2. The van der Waals surface area contributed by atoms with E-state index >= 15 is 0 Å². The second-order valence-corrected chi connectivity index (χ2v) is 4.76. The molecular formula is C16H10AuN4O4+. The third-order valence-corrected chi connectivity index (χ3v) is 3.23. The number of imidazole rings is 2. The molecule has 2 heterocycles. The Morgan fingerprint density at radius 2 is 1.16 bits per heavy atom. The van der Waals surface area contributed by atoms with Crippen LogP contribution in [0.25, 0.3) is 22.1 Å². The monoisotopic (exact) mass is 519 g/mol. The van der Waals surface area contributed by atoms with E-state index in [2.05, 4.69) is 19.9 Å². The van der Waals surface area contributed by atoms with Gasteiger partial charge in [0, 0.05) is 0 Å². The van der Waals surface area contributed by atoms with Gasteiger partial charge in [-0.3, -0.25) is 0 Å². The number of carboxylic acids is 2. The molecule has 0 atom stereocenters. The molecule has 8 nitrogen and oxygen atoms in total. The van der Waals surface area contributed by atoms with Gasteiger partial charge in [-0.1, -0.05) is 24.8 Å². The van der Waals surface area contributed by atoms with Crippen LogP contribution in [0.15, 0.2) is 49.1 Å². The topological polar surface area (TPSA) is 129 Å². The third-order valence-electron chi connectivity index (χ3n) is 3.23. The molecule has 4 aromatic rings. The summed E-state index contributed by atoms with van der Waals surface area (Å²) in [6.45, 7) is 0. The molecule has 0 saturated carbocycles. The van der Waals surface area contributed by atoms with Crippen molar-refractivity contribution in [3.63, 3.8) is 0 Å². The molecular weight excluding hydrogens is 509 g/mol. The van der Waals surface area contributed by atoms with E-state index in [1.807, 2.05) is 0 Å². The number of hydrogen-bond donors (Lipinski definition) is 2. The van der Waals surface area contributed by atoms with Gasteiger partial charge in [0.25, 0.3) is 0 Å². The average molecular weight is 519 g/mol. The first-order valence-electron chi connectivity index (χ1n) is 6.76. The summed E-state index contributed by atoms with van der Waals surface area (Å²) in [6.07, 6.45) is 2.83. The van der Waals surface area contributed by atoms with Gasteiger partial charge < -0.3 is 30.1 Å². The van der Waals surface area contributed by atoms with E-state index in [4.69, 9.17) is 10.2 Å². The summed E-state index contributed by atoms with van der Waals surface area (Å²) in [6, 6.07) is 9.32. The zero-order chi connectivity index (χ0) is 17.1. The molecule has 0 fully saturated rings. The van der Waals surface area contributed by atoms with Gasteiger partial charge in [-0.15, -0.1) is 0 Å². The normalized spacial score (nSPS) is 9.92. The molecule has 0 aliphatic carbocycles. The number of fused-ring (bicyclic) bond motifs is 2. The molecule has 0 unspecified atom stereocenters. The van der Waals surface area contributed by atoms with Gasteiger partial charge in [0.1, 0.15) is 0 Å². The standard InChI is InChI=1S/2C8H6N2O2.Au/c2*11-8(12)5-1-2-6-7(3-5)10-4-9-6;/h2*1-4H,(H2,9,10,11,12);/q;;+3/p-2.